The standard InChI is InChI=1S/C26H28O4/c1-6-18-11-12-20-16-21(15-19-10-9-17(4)22(18)23(19)20)24(27)29-13-14-30-25(28)26(5,7-2)8-3/h6,9-12,15-16H,1,4,7-8,13-14H2,2-3,5H3. The molecule has 0 bridgehead atoms. The summed E-state index contributed by atoms with van der Waals surface area (Å²) < 4.78 is 10.7. The highest BCUT2D eigenvalue weighted by Crippen LogP contribution is 2.29. The third kappa shape index (κ3) is 3.95. The van der Waals surface area contributed by atoms with Gasteiger partial charge in [-0.25, -0.2) is 4.79 Å². The number of rotatable bonds is 8. The van der Waals surface area contributed by atoms with Crippen molar-refractivity contribution in [3.63, 3.8) is 0 Å². The minimum absolute atomic E-state index is 0.0226. The van der Waals surface area contributed by atoms with Crippen LogP contribution in [0.4, 0.5) is 0 Å². The molecule has 4 nitrogen and oxygen atoms in total. The second kappa shape index (κ2) is 8.70. The Morgan fingerprint density at radius 1 is 0.967 bits per heavy atom. The van der Waals surface area contributed by atoms with Gasteiger partial charge < -0.3 is 9.47 Å². The Labute approximate surface area is 177 Å². The predicted molar refractivity (Wildman–Crippen MR) is 122 cm³/mol. The van der Waals surface area contributed by atoms with E-state index in [2.05, 4.69) is 13.2 Å². The molecule has 0 saturated heterocycles. The van der Waals surface area contributed by atoms with Gasteiger partial charge in [0.25, 0.3) is 0 Å². The molecule has 0 saturated carbocycles. The largest absolute Gasteiger partial charge is 0.462 e. The van der Waals surface area contributed by atoms with E-state index in [0.29, 0.717) is 18.4 Å². The molecule has 0 radical (unpaired) electrons. The molecule has 0 unspecified atom stereocenters. The Balaban J connectivity index is 1.75. The Kier molecular flexibility index (Phi) is 6.25. The monoisotopic (exact) mass is 404 g/mol. The van der Waals surface area contributed by atoms with Crippen LogP contribution in [-0.4, -0.2) is 25.2 Å². The first kappa shape index (κ1) is 21.6. The summed E-state index contributed by atoms with van der Waals surface area (Å²) in [5.41, 5.74) is 0.982. The molecular formula is C26H28O4. The maximum atomic E-state index is 12.6. The number of carbonyl (C=O) groups is 2. The number of benzene rings is 3. The highest BCUT2D eigenvalue weighted by Gasteiger charge is 2.30. The molecule has 0 N–H and O–H groups in total. The number of carbonyl (C=O) groups excluding carboxylic acids is 2. The Bertz CT molecular complexity index is 1140. The van der Waals surface area contributed by atoms with Gasteiger partial charge in [0.2, 0.25) is 0 Å². The zero-order valence-electron chi connectivity index (χ0n) is 17.9. The van der Waals surface area contributed by atoms with Crippen LogP contribution >= 0.6 is 0 Å². The van der Waals surface area contributed by atoms with E-state index >= 15 is 0 Å². The maximum Gasteiger partial charge on any atom is 0.338 e. The lowest BCUT2D eigenvalue weighted by molar-refractivity contribution is -0.156. The van der Waals surface area contributed by atoms with Crippen molar-refractivity contribution in [2.45, 2.75) is 33.6 Å². The van der Waals surface area contributed by atoms with E-state index in [4.69, 9.17) is 9.47 Å². The van der Waals surface area contributed by atoms with Gasteiger partial charge in [-0.1, -0.05) is 57.3 Å². The van der Waals surface area contributed by atoms with Crippen LogP contribution in [0.3, 0.4) is 0 Å². The molecule has 3 aromatic rings. The second-order valence-electron chi connectivity index (χ2n) is 7.80. The molecular weight excluding hydrogens is 376 g/mol. The fraction of sp³-hybridized carbons (Fsp3) is 0.308. The zero-order valence-corrected chi connectivity index (χ0v) is 17.9. The van der Waals surface area contributed by atoms with Crippen molar-refractivity contribution >= 4 is 46.1 Å². The van der Waals surface area contributed by atoms with Gasteiger partial charge in [-0.15, -0.1) is 0 Å². The van der Waals surface area contributed by atoms with Crippen molar-refractivity contribution in [2.75, 3.05) is 13.2 Å². The van der Waals surface area contributed by atoms with Crippen molar-refractivity contribution in [1.29, 1.82) is 0 Å². The minimum atomic E-state index is -0.497. The van der Waals surface area contributed by atoms with E-state index in [1.807, 2.05) is 63.2 Å². The van der Waals surface area contributed by atoms with Crippen LogP contribution in [-0.2, 0) is 14.3 Å². The smallest absolute Gasteiger partial charge is 0.338 e. The lowest BCUT2D eigenvalue weighted by atomic mass is 9.85. The Morgan fingerprint density at radius 2 is 1.57 bits per heavy atom. The van der Waals surface area contributed by atoms with E-state index in [0.717, 1.165) is 32.3 Å². The predicted octanol–water partition coefficient (Wildman–Crippen LogP) is 5.29. The fourth-order valence-electron chi connectivity index (χ4n) is 3.62. The molecule has 3 aromatic carbocycles. The van der Waals surface area contributed by atoms with Crippen LogP contribution in [0.5, 0.6) is 0 Å². The third-order valence-corrected chi connectivity index (χ3v) is 6.02. The van der Waals surface area contributed by atoms with Gasteiger partial charge in [0.15, 0.2) is 0 Å². The summed E-state index contributed by atoms with van der Waals surface area (Å²) in [6.45, 7) is 13.9. The van der Waals surface area contributed by atoms with Gasteiger partial charge in [-0.2, -0.15) is 0 Å². The van der Waals surface area contributed by atoms with Crippen molar-refractivity contribution in [3.8, 4) is 0 Å². The molecule has 0 aromatic heterocycles. The van der Waals surface area contributed by atoms with Gasteiger partial charge in [-0.3, -0.25) is 4.79 Å². The van der Waals surface area contributed by atoms with Gasteiger partial charge in [0.1, 0.15) is 13.2 Å². The first-order valence-corrected chi connectivity index (χ1v) is 10.3. The van der Waals surface area contributed by atoms with Crippen LogP contribution in [0.2, 0.25) is 0 Å². The van der Waals surface area contributed by atoms with E-state index in [-0.39, 0.29) is 19.2 Å². The molecule has 0 aliphatic rings. The van der Waals surface area contributed by atoms with Crippen molar-refractivity contribution in [3.05, 3.63) is 59.3 Å². The average molecular weight is 405 g/mol. The zero-order chi connectivity index (χ0) is 21.9. The SMILES string of the molecule is C=Cc1ccc2cc(C(=O)OCCOC(=O)C(C)(CC)CC)cc3ccc(=C)c1c23. The highest BCUT2D eigenvalue weighted by atomic mass is 16.6. The van der Waals surface area contributed by atoms with Crippen LogP contribution < -0.4 is 5.22 Å². The molecule has 0 amide bonds. The number of hydrogen-bond donors (Lipinski definition) is 0. The first-order chi connectivity index (χ1) is 14.3. The summed E-state index contributed by atoms with van der Waals surface area (Å²) in [6, 6.07) is 11.5. The van der Waals surface area contributed by atoms with Crippen LogP contribution in [0.1, 0.15) is 49.5 Å². The molecule has 0 aliphatic heterocycles. The summed E-state index contributed by atoms with van der Waals surface area (Å²) >= 11 is 0. The Morgan fingerprint density at radius 3 is 2.17 bits per heavy atom. The summed E-state index contributed by atoms with van der Waals surface area (Å²) in [6.07, 6.45) is 3.23. The van der Waals surface area contributed by atoms with E-state index < -0.39 is 11.4 Å². The molecule has 0 spiro atoms. The summed E-state index contributed by atoms with van der Waals surface area (Å²) in [4.78, 5) is 24.8. The summed E-state index contributed by atoms with van der Waals surface area (Å²) in [7, 11) is 0. The number of esters is 2. The normalized spacial score (nSPS) is 11.6. The number of ether oxygens (including phenoxy) is 2. The molecule has 4 heteroatoms. The lowest BCUT2D eigenvalue weighted by Crippen LogP contribution is -2.29. The van der Waals surface area contributed by atoms with Crippen LogP contribution in [0.15, 0.2) is 43.0 Å². The van der Waals surface area contributed by atoms with Crippen LogP contribution in [0.25, 0.3) is 34.2 Å². The van der Waals surface area contributed by atoms with E-state index in [1.165, 1.54) is 0 Å². The minimum Gasteiger partial charge on any atom is -0.462 e. The summed E-state index contributed by atoms with van der Waals surface area (Å²) in [5, 5.41) is 4.91. The molecule has 0 heterocycles. The van der Waals surface area contributed by atoms with Gasteiger partial charge in [0, 0.05) is 0 Å². The molecule has 0 aliphatic carbocycles. The molecule has 0 atom stereocenters. The van der Waals surface area contributed by atoms with Crippen LogP contribution in [0, 0.1) is 5.41 Å². The van der Waals surface area contributed by atoms with Crippen molar-refractivity contribution in [1.82, 2.24) is 0 Å². The van der Waals surface area contributed by atoms with E-state index in [9.17, 15) is 9.59 Å². The molecule has 0 fully saturated rings. The fourth-order valence-corrected chi connectivity index (χ4v) is 3.62. The molecule has 3 rings (SSSR count). The lowest BCUT2D eigenvalue weighted by Gasteiger charge is -2.23. The quantitative estimate of drug-likeness (QED) is 0.378. The maximum absolute atomic E-state index is 12.6. The first-order valence-electron chi connectivity index (χ1n) is 10.3. The highest BCUT2D eigenvalue weighted by molar-refractivity contribution is 6.15. The topological polar surface area (TPSA) is 52.6 Å². The average Bonchev–Trinajstić information content (AvgIpc) is 2.77. The van der Waals surface area contributed by atoms with Crippen molar-refractivity contribution in [2.24, 2.45) is 5.41 Å². The van der Waals surface area contributed by atoms with E-state index in [1.54, 1.807) is 0 Å². The summed E-state index contributed by atoms with van der Waals surface area (Å²) in [5.74, 6) is -0.695. The Hall–Kier alpha value is -3.14. The second-order valence-corrected chi connectivity index (χ2v) is 7.80. The van der Waals surface area contributed by atoms with Gasteiger partial charge in [0.05, 0.1) is 11.0 Å². The third-order valence-electron chi connectivity index (χ3n) is 6.02. The van der Waals surface area contributed by atoms with Crippen molar-refractivity contribution < 1.29 is 19.1 Å². The van der Waals surface area contributed by atoms with Gasteiger partial charge >= 0.3 is 11.9 Å². The molecule has 30 heavy (non-hydrogen) atoms. The number of hydrogen-bond acceptors (Lipinski definition) is 4. The molecule has 156 valence electrons. The van der Waals surface area contributed by atoms with Gasteiger partial charge in [-0.05, 0) is 64.2 Å².